The van der Waals surface area contributed by atoms with Crippen molar-refractivity contribution in [2.75, 3.05) is 12.0 Å². The molecule has 0 saturated carbocycles. The number of para-hydroxylation sites is 1. The van der Waals surface area contributed by atoms with Gasteiger partial charge in [-0.15, -0.1) is 0 Å². The molecule has 0 bridgehead atoms. The quantitative estimate of drug-likeness (QED) is 0.249. The first-order valence-electron chi connectivity index (χ1n) is 14.3. The Morgan fingerprint density at radius 2 is 1.65 bits per heavy atom. The van der Waals surface area contributed by atoms with Gasteiger partial charge in [0.25, 0.3) is 11.8 Å². The van der Waals surface area contributed by atoms with E-state index in [2.05, 4.69) is 16.4 Å². The molecule has 1 aromatic heterocycles. The number of aromatic amines is 1. The zero-order valence-electron chi connectivity index (χ0n) is 23.8. The van der Waals surface area contributed by atoms with E-state index in [1.165, 1.54) is 4.90 Å². The number of carbonyl (C=O) groups is 3. The van der Waals surface area contributed by atoms with Crippen molar-refractivity contribution in [2.24, 2.45) is 0 Å². The molecule has 4 amide bonds. The first kappa shape index (κ1) is 26.5. The average Bonchev–Trinajstić information content (AvgIpc) is 3.53. The molecule has 214 valence electrons. The molecule has 3 heterocycles. The van der Waals surface area contributed by atoms with Crippen molar-refractivity contribution in [2.45, 2.75) is 32.0 Å². The fourth-order valence-electron chi connectivity index (χ4n) is 6.20. The monoisotopic (exact) mass is 570 g/mol. The lowest BCUT2D eigenvalue weighted by molar-refractivity contribution is -0.120. The molecule has 1 unspecified atom stereocenters. The summed E-state index contributed by atoms with van der Waals surface area (Å²) < 4.78 is 5.18. The topological polar surface area (TPSA) is 94.7 Å². The Hall–Kier alpha value is -5.37. The summed E-state index contributed by atoms with van der Waals surface area (Å²) in [6, 6.07) is 28.8. The number of carbonyl (C=O) groups excluding carboxylic acids is 3. The number of nitrogens with zero attached hydrogens (tertiary/aromatic N) is 2. The third-order valence-corrected chi connectivity index (χ3v) is 8.44. The average molecular weight is 571 g/mol. The molecular formula is C35H30N4O4. The molecule has 1 saturated heterocycles. The molecule has 8 nitrogen and oxygen atoms in total. The summed E-state index contributed by atoms with van der Waals surface area (Å²) in [7, 11) is 1.61. The van der Waals surface area contributed by atoms with E-state index in [1.807, 2.05) is 73.7 Å². The van der Waals surface area contributed by atoms with Gasteiger partial charge in [-0.1, -0.05) is 60.2 Å². The maximum Gasteiger partial charge on any atom is 0.332 e. The number of urea groups is 1. The van der Waals surface area contributed by atoms with E-state index < -0.39 is 12.1 Å². The highest BCUT2D eigenvalue weighted by molar-refractivity contribution is 6.22. The van der Waals surface area contributed by atoms with Crippen LogP contribution in [0.5, 0.6) is 5.75 Å². The Labute approximate surface area is 248 Å². The smallest absolute Gasteiger partial charge is 0.332 e. The summed E-state index contributed by atoms with van der Waals surface area (Å²) in [6.07, 6.45) is 0.425. The van der Waals surface area contributed by atoms with Crippen LogP contribution in [0.2, 0.25) is 0 Å². The lowest BCUT2D eigenvalue weighted by Crippen LogP contribution is -2.44. The van der Waals surface area contributed by atoms with E-state index in [0.29, 0.717) is 24.2 Å². The van der Waals surface area contributed by atoms with Crippen LogP contribution in [0.4, 0.5) is 10.5 Å². The number of anilines is 1. The van der Waals surface area contributed by atoms with Crippen LogP contribution in [0.1, 0.15) is 44.3 Å². The summed E-state index contributed by atoms with van der Waals surface area (Å²) in [4.78, 5) is 47.4. The van der Waals surface area contributed by atoms with Gasteiger partial charge in [0.05, 0.1) is 12.8 Å². The van der Waals surface area contributed by atoms with Crippen molar-refractivity contribution in [3.8, 4) is 5.75 Å². The maximum absolute atomic E-state index is 14.1. The molecule has 2 aliphatic heterocycles. The van der Waals surface area contributed by atoms with Gasteiger partial charge in [-0.25, -0.2) is 9.69 Å². The van der Waals surface area contributed by atoms with E-state index in [1.54, 1.807) is 36.3 Å². The molecule has 1 fully saturated rings. The van der Waals surface area contributed by atoms with E-state index in [9.17, 15) is 14.4 Å². The van der Waals surface area contributed by atoms with Crippen molar-refractivity contribution in [1.82, 2.24) is 15.2 Å². The lowest BCUT2D eigenvalue weighted by atomic mass is 9.88. The maximum atomic E-state index is 14.1. The van der Waals surface area contributed by atoms with Gasteiger partial charge in [0, 0.05) is 35.1 Å². The lowest BCUT2D eigenvalue weighted by Gasteiger charge is -2.36. The molecule has 0 aliphatic carbocycles. The van der Waals surface area contributed by atoms with Crippen LogP contribution < -0.4 is 15.0 Å². The van der Waals surface area contributed by atoms with Crippen molar-refractivity contribution >= 4 is 34.4 Å². The number of hydrogen-bond donors (Lipinski definition) is 2. The Balaban J connectivity index is 1.17. The number of benzene rings is 4. The van der Waals surface area contributed by atoms with Crippen molar-refractivity contribution < 1.29 is 19.1 Å². The minimum atomic E-state index is -0.641. The molecule has 8 heteroatoms. The third kappa shape index (κ3) is 4.52. The summed E-state index contributed by atoms with van der Waals surface area (Å²) in [5.74, 6) is 0.234. The SMILES string of the molecule is COc1ccc(CNC(=O)c2ccc(N3C(=O)[C@@H]4Cc5c([nH]c6ccccc56)C(c5ccc(C)cc5)N4C3=O)cc2)cc1. The molecule has 2 atom stereocenters. The van der Waals surface area contributed by atoms with E-state index in [4.69, 9.17) is 4.74 Å². The van der Waals surface area contributed by atoms with Crippen LogP contribution in [0.25, 0.3) is 10.9 Å². The van der Waals surface area contributed by atoms with Crippen LogP contribution >= 0.6 is 0 Å². The zero-order chi connectivity index (χ0) is 29.7. The summed E-state index contributed by atoms with van der Waals surface area (Å²) in [5, 5.41) is 3.98. The van der Waals surface area contributed by atoms with Crippen LogP contribution in [-0.4, -0.2) is 40.9 Å². The van der Waals surface area contributed by atoms with Gasteiger partial charge in [-0.2, -0.15) is 0 Å². The minimum Gasteiger partial charge on any atom is -0.497 e. The molecule has 7 rings (SSSR count). The van der Waals surface area contributed by atoms with Gasteiger partial charge in [0.15, 0.2) is 0 Å². The Morgan fingerprint density at radius 1 is 0.930 bits per heavy atom. The van der Waals surface area contributed by atoms with Crippen molar-refractivity contribution in [3.05, 3.63) is 131 Å². The largest absolute Gasteiger partial charge is 0.497 e. The molecule has 0 spiro atoms. The van der Waals surface area contributed by atoms with Gasteiger partial charge in [-0.3, -0.25) is 14.5 Å². The van der Waals surface area contributed by atoms with Gasteiger partial charge in [-0.05, 0) is 66.1 Å². The van der Waals surface area contributed by atoms with Crippen molar-refractivity contribution in [3.63, 3.8) is 0 Å². The first-order chi connectivity index (χ1) is 20.9. The van der Waals surface area contributed by atoms with E-state index in [-0.39, 0.29) is 17.8 Å². The summed E-state index contributed by atoms with van der Waals surface area (Å²) in [5.41, 5.74) is 6.87. The van der Waals surface area contributed by atoms with Gasteiger partial charge >= 0.3 is 6.03 Å². The zero-order valence-corrected chi connectivity index (χ0v) is 23.8. The summed E-state index contributed by atoms with van der Waals surface area (Å²) in [6.45, 7) is 2.39. The Kier molecular flexibility index (Phi) is 6.46. The van der Waals surface area contributed by atoms with Crippen LogP contribution in [-0.2, 0) is 17.8 Å². The fourth-order valence-corrected chi connectivity index (χ4v) is 6.20. The van der Waals surface area contributed by atoms with Crippen molar-refractivity contribution in [1.29, 1.82) is 0 Å². The number of imide groups is 1. The van der Waals surface area contributed by atoms with Gasteiger partial charge in [0.2, 0.25) is 0 Å². The highest BCUT2D eigenvalue weighted by Crippen LogP contribution is 2.44. The fraction of sp³-hybridized carbons (Fsp3) is 0.171. The Morgan fingerprint density at radius 3 is 2.37 bits per heavy atom. The normalized spacial score (nSPS) is 17.6. The minimum absolute atomic E-state index is 0.247. The van der Waals surface area contributed by atoms with E-state index >= 15 is 0 Å². The predicted molar refractivity (Wildman–Crippen MR) is 164 cm³/mol. The number of amides is 4. The second kappa shape index (κ2) is 10.5. The van der Waals surface area contributed by atoms with Gasteiger partial charge in [0.1, 0.15) is 17.8 Å². The molecule has 4 aromatic carbocycles. The number of nitrogens with one attached hydrogen (secondary N) is 2. The highest BCUT2D eigenvalue weighted by Gasteiger charge is 2.53. The second-order valence-electron chi connectivity index (χ2n) is 11.0. The van der Waals surface area contributed by atoms with E-state index in [0.717, 1.165) is 44.6 Å². The number of aryl methyl sites for hydroxylation is 1. The first-order valence-corrected chi connectivity index (χ1v) is 14.3. The second-order valence-corrected chi connectivity index (χ2v) is 11.0. The number of rotatable bonds is 6. The third-order valence-electron chi connectivity index (χ3n) is 8.44. The predicted octanol–water partition coefficient (Wildman–Crippen LogP) is 5.90. The number of fused-ring (bicyclic) bond motifs is 4. The molecule has 5 aromatic rings. The molecular weight excluding hydrogens is 540 g/mol. The number of methoxy groups -OCH3 is 1. The van der Waals surface area contributed by atoms with Crippen LogP contribution in [0.15, 0.2) is 97.1 Å². The molecule has 43 heavy (non-hydrogen) atoms. The summed E-state index contributed by atoms with van der Waals surface area (Å²) >= 11 is 0. The standard InChI is InChI=1S/C35H30N4O4/c1-21-7-11-23(12-8-21)32-31-28(27-5-3-4-6-29(27)37-31)19-30-34(41)38(35(42)39(30)32)25-15-13-24(14-16-25)33(40)36-20-22-9-17-26(43-2)18-10-22/h3-18,30,32,37H,19-20H2,1-2H3,(H,36,40)/t30-,32?/m0/s1. The number of aromatic nitrogens is 1. The molecule has 2 N–H and O–H groups in total. The molecule has 0 radical (unpaired) electrons. The van der Waals surface area contributed by atoms with Crippen LogP contribution in [0.3, 0.4) is 0 Å². The number of hydrogen-bond acceptors (Lipinski definition) is 4. The molecule has 2 aliphatic rings. The Bertz CT molecular complexity index is 1860. The van der Waals surface area contributed by atoms with Crippen LogP contribution in [0, 0.1) is 6.92 Å². The van der Waals surface area contributed by atoms with Gasteiger partial charge < -0.3 is 15.0 Å². The number of H-pyrrole nitrogens is 1. The highest BCUT2D eigenvalue weighted by atomic mass is 16.5. The number of ether oxygens (including phenoxy) is 1.